The standard InChI is InChI=1S/C5H5FN2O3S2/c1-3-4(13(6,10)11)12-5(8-3)7-2-9/h2H,1H3,(H,7,8,9). The van der Waals surface area contributed by atoms with Crippen LogP contribution >= 0.6 is 11.3 Å². The van der Waals surface area contributed by atoms with E-state index < -0.39 is 14.4 Å². The summed E-state index contributed by atoms with van der Waals surface area (Å²) >= 11 is 0.575. The molecule has 1 amide bonds. The SMILES string of the molecule is Cc1nc(NC=O)sc1S(=O)(=O)F. The lowest BCUT2D eigenvalue weighted by atomic mass is 10.6. The van der Waals surface area contributed by atoms with E-state index in [2.05, 4.69) is 10.3 Å². The third kappa shape index (κ3) is 2.22. The maximum absolute atomic E-state index is 12.5. The number of nitrogens with zero attached hydrogens (tertiary/aromatic N) is 1. The van der Waals surface area contributed by atoms with Gasteiger partial charge in [0.05, 0.1) is 5.69 Å². The summed E-state index contributed by atoms with van der Waals surface area (Å²) in [5.74, 6) is 0. The Bertz CT molecular complexity index is 425. The van der Waals surface area contributed by atoms with Crippen molar-refractivity contribution in [3.8, 4) is 0 Å². The average molecular weight is 224 g/mol. The molecule has 0 saturated carbocycles. The summed E-state index contributed by atoms with van der Waals surface area (Å²) in [7, 11) is -4.73. The molecule has 0 fully saturated rings. The highest BCUT2D eigenvalue weighted by Crippen LogP contribution is 2.27. The number of amides is 1. The lowest BCUT2D eigenvalue weighted by molar-refractivity contribution is -0.105. The fourth-order valence-corrected chi connectivity index (χ4v) is 2.41. The van der Waals surface area contributed by atoms with Crippen LogP contribution in [0.5, 0.6) is 0 Å². The van der Waals surface area contributed by atoms with Crippen molar-refractivity contribution < 1.29 is 17.1 Å². The first-order valence-corrected chi connectivity index (χ1v) is 5.27. The summed E-state index contributed by atoms with van der Waals surface area (Å²) in [6.45, 7) is 1.35. The highest BCUT2D eigenvalue weighted by atomic mass is 32.3. The average Bonchev–Trinajstić information content (AvgIpc) is 2.30. The van der Waals surface area contributed by atoms with E-state index in [-0.39, 0.29) is 10.8 Å². The summed E-state index contributed by atoms with van der Waals surface area (Å²) in [4.78, 5) is 13.6. The van der Waals surface area contributed by atoms with Crippen LogP contribution in [0, 0.1) is 6.92 Å². The maximum Gasteiger partial charge on any atom is 0.343 e. The second-order valence-corrected chi connectivity index (χ2v) is 4.63. The molecule has 0 saturated heterocycles. The zero-order valence-corrected chi connectivity index (χ0v) is 8.08. The van der Waals surface area contributed by atoms with Crippen LogP contribution in [-0.4, -0.2) is 19.8 Å². The minimum Gasteiger partial charge on any atom is -0.305 e. The van der Waals surface area contributed by atoms with Crippen molar-refractivity contribution in [1.29, 1.82) is 0 Å². The quantitative estimate of drug-likeness (QED) is 0.605. The molecule has 0 spiro atoms. The van der Waals surface area contributed by atoms with Gasteiger partial charge in [-0.1, -0.05) is 15.2 Å². The Kier molecular flexibility index (Phi) is 2.62. The van der Waals surface area contributed by atoms with Gasteiger partial charge in [0.1, 0.15) is 0 Å². The normalized spacial score (nSPS) is 11.2. The largest absolute Gasteiger partial charge is 0.343 e. The van der Waals surface area contributed by atoms with Crippen LogP contribution in [0.2, 0.25) is 0 Å². The van der Waals surface area contributed by atoms with Crippen molar-refractivity contribution in [3.05, 3.63) is 5.69 Å². The molecule has 0 aromatic carbocycles. The highest BCUT2D eigenvalue weighted by molar-refractivity contribution is 7.88. The molecule has 0 radical (unpaired) electrons. The topological polar surface area (TPSA) is 76.1 Å². The second-order valence-electron chi connectivity index (χ2n) is 2.09. The van der Waals surface area contributed by atoms with Gasteiger partial charge in [0.15, 0.2) is 9.34 Å². The van der Waals surface area contributed by atoms with E-state index in [1.165, 1.54) is 6.92 Å². The van der Waals surface area contributed by atoms with Crippen molar-refractivity contribution in [2.45, 2.75) is 11.1 Å². The first-order chi connectivity index (χ1) is 5.95. The lowest BCUT2D eigenvalue weighted by Gasteiger charge is -1.86. The number of carbonyl (C=O) groups is 1. The van der Waals surface area contributed by atoms with Crippen molar-refractivity contribution >= 4 is 33.1 Å². The van der Waals surface area contributed by atoms with Crippen LogP contribution in [0.15, 0.2) is 4.21 Å². The molecule has 1 heterocycles. The van der Waals surface area contributed by atoms with Crippen molar-refractivity contribution in [2.24, 2.45) is 0 Å². The van der Waals surface area contributed by atoms with Gasteiger partial charge < -0.3 is 5.32 Å². The predicted octanol–water partition coefficient (Wildman–Crippen LogP) is 0.678. The fraction of sp³-hybridized carbons (Fsp3) is 0.200. The van der Waals surface area contributed by atoms with Gasteiger partial charge in [-0.2, -0.15) is 8.42 Å². The van der Waals surface area contributed by atoms with Gasteiger partial charge in [0.25, 0.3) is 0 Å². The molecule has 72 valence electrons. The molecule has 13 heavy (non-hydrogen) atoms. The molecule has 1 aromatic rings. The zero-order valence-electron chi connectivity index (χ0n) is 6.44. The molecule has 1 rings (SSSR count). The molecule has 1 aromatic heterocycles. The van der Waals surface area contributed by atoms with Gasteiger partial charge in [0, 0.05) is 0 Å². The Morgan fingerprint density at radius 2 is 2.23 bits per heavy atom. The van der Waals surface area contributed by atoms with E-state index in [1.807, 2.05) is 0 Å². The summed E-state index contributed by atoms with van der Waals surface area (Å²) in [5.41, 5.74) is 0.0388. The number of thiazole rings is 1. The van der Waals surface area contributed by atoms with Gasteiger partial charge in [0.2, 0.25) is 6.41 Å². The van der Waals surface area contributed by atoms with Gasteiger partial charge in [-0.3, -0.25) is 4.79 Å². The molecule has 0 bridgehead atoms. The number of hydrogen-bond donors (Lipinski definition) is 1. The van der Waals surface area contributed by atoms with E-state index in [4.69, 9.17) is 0 Å². The van der Waals surface area contributed by atoms with E-state index in [9.17, 15) is 17.1 Å². The number of aromatic nitrogens is 1. The van der Waals surface area contributed by atoms with Crippen LogP contribution in [-0.2, 0) is 15.0 Å². The molecule has 5 nitrogen and oxygen atoms in total. The number of hydrogen-bond acceptors (Lipinski definition) is 5. The third-order valence-electron chi connectivity index (χ3n) is 1.16. The molecule has 8 heteroatoms. The Labute approximate surface area is 77.8 Å². The van der Waals surface area contributed by atoms with E-state index in [0.29, 0.717) is 17.7 Å². The second kappa shape index (κ2) is 3.38. The van der Waals surface area contributed by atoms with Crippen LogP contribution in [0.3, 0.4) is 0 Å². The minimum absolute atomic E-state index is 0.0388. The summed E-state index contributed by atoms with van der Waals surface area (Å²) in [6.07, 6.45) is 0.340. The minimum atomic E-state index is -4.73. The van der Waals surface area contributed by atoms with E-state index in [1.54, 1.807) is 0 Å². The molecule has 0 aliphatic carbocycles. The Morgan fingerprint density at radius 3 is 2.62 bits per heavy atom. The van der Waals surface area contributed by atoms with Gasteiger partial charge in [-0.05, 0) is 6.92 Å². The van der Waals surface area contributed by atoms with E-state index in [0.717, 1.165) is 0 Å². The zero-order chi connectivity index (χ0) is 10.1. The molecule has 1 N–H and O–H groups in total. The van der Waals surface area contributed by atoms with Crippen molar-refractivity contribution in [1.82, 2.24) is 4.98 Å². The molecule has 0 aliphatic heterocycles. The number of carbonyl (C=O) groups excluding carboxylic acids is 1. The fourth-order valence-electron chi connectivity index (χ4n) is 0.721. The predicted molar refractivity (Wildman–Crippen MR) is 44.8 cm³/mol. The Morgan fingerprint density at radius 1 is 1.62 bits per heavy atom. The van der Waals surface area contributed by atoms with Crippen molar-refractivity contribution in [2.75, 3.05) is 5.32 Å². The van der Waals surface area contributed by atoms with Gasteiger partial charge >= 0.3 is 10.2 Å². The third-order valence-corrected chi connectivity index (χ3v) is 3.63. The smallest absolute Gasteiger partial charge is 0.305 e. The lowest BCUT2D eigenvalue weighted by Crippen LogP contribution is -1.91. The molecular formula is C5H5FN2O3S2. The number of anilines is 1. The highest BCUT2D eigenvalue weighted by Gasteiger charge is 2.20. The summed E-state index contributed by atoms with van der Waals surface area (Å²) in [6, 6.07) is 0. The molecular weight excluding hydrogens is 219 g/mol. The van der Waals surface area contributed by atoms with Crippen molar-refractivity contribution in [3.63, 3.8) is 0 Å². The van der Waals surface area contributed by atoms with E-state index >= 15 is 0 Å². The first kappa shape index (κ1) is 10.1. The molecule has 0 aliphatic rings. The Hall–Kier alpha value is -1.02. The number of aryl methyl sites for hydroxylation is 1. The van der Waals surface area contributed by atoms with Gasteiger partial charge in [-0.25, -0.2) is 4.98 Å². The monoisotopic (exact) mass is 224 g/mol. The van der Waals surface area contributed by atoms with Crippen LogP contribution < -0.4 is 5.32 Å². The molecule has 0 unspecified atom stereocenters. The van der Waals surface area contributed by atoms with Crippen LogP contribution in [0.4, 0.5) is 9.02 Å². The number of nitrogens with one attached hydrogen (secondary N) is 1. The Balaban J connectivity index is 3.18. The molecule has 0 atom stereocenters. The van der Waals surface area contributed by atoms with Crippen LogP contribution in [0.1, 0.15) is 5.69 Å². The number of rotatable bonds is 3. The first-order valence-electron chi connectivity index (χ1n) is 3.07. The summed E-state index contributed by atoms with van der Waals surface area (Å²) in [5, 5.41) is 2.20. The summed E-state index contributed by atoms with van der Waals surface area (Å²) < 4.78 is 32.9. The van der Waals surface area contributed by atoms with Crippen LogP contribution in [0.25, 0.3) is 0 Å². The van der Waals surface area contributed by atoms with Gasteiger partial charge in [-0.15, -0.1) is 0 Å². The maximum atomic E-state index is 12.5. The number of halogens is 1.